The predicted molar refractivity (Wildman–Crippen MR) is 74.8 cm³/mol. The van der Waals surface area contributed by atoms with Crippen molar-refractivity contribution < 1.29 is 22.8 Å². The van der Waals surface area contributed by atoms with Crippen molar-refractivity contribution in [3.05, 3.63) is 11.6 Å². The van der Waals surface area contributed by atoms with Gasteiger partial charge in [-0.3, -0.25) is 9.59 Å². The number of hydrogen-bond acceptors (Lipinski definition) is 2. The van der Waals surface area contributed by atoms with Crippen LogP contribution in [0.2, 0.25) is 0 Å². The third-order valence-corrected chi connectivity index (χ3v) is 4.29. The first kappa shape index (κ1) is 16.8. The van der Waals surface area contributed by atoms with E-state index in [0.717, 1.165) is 23.3 Å². The number of carbonyl (C=O) groups is 2. The molecule has 2 fully saturated rings. The SMILES string of the molecule is C/C(=C\C(=O)NCC1CCN(C(=O)C(F)(F)F)CC1)C1CC1. The van der Waals surface area contributed by atoms with E-state index in [1.54, 1.807) is 6.08 Å². The zero-order valence-corrected chi connectivity index (χ0v) is 12.6. The molecule has 2 rings (SSSR count). The molecule has 0 unspecified atom stereocenters. The fraction of sp³-hybridized carbons (Fsp3) is 0.733. The molecule has 1 aliphatic heterocycles. The van der Waals surface area contributed by atoms with E-state index in [-0.39, 0.29) is 24.9 Å². The number of nitrogens with one attached hydrogen (secondary N) is 1. The van der Waals surface area contributed by atoms with Crippen LogP contribution in [0.1, 0.15) is 32.6 Å². The summed E-state index contributed by atoms with van der Waals surface area (Å²) in [5.74, 6) is -1.24. The maximum absolute atomic E-state index is 12.3. The second kappa shape index (κ2) is 6.71. The zero-order chi connectivity index (χ0) is 16.3. The number of carbonyl (C=O) groups excluding carboxylic acids is 2. The van der Waals surface area contributed by atoms with Crippen LogP contribution in [0.4, 0.5) is 13.2 Å². The van der Waals surface area contributed by atoms with Gasteiger partial charge in [0.1, 0.15) is 0 Å². The van der Waals surface area contributed by atoms with E-state index < -0.39 is 12.1 Å². The number of nitrogens with zero attached hydrogens (tertiary/aromatic N) is 1. The fourth-order valence-corrected chi connectivity index (χ4v) is 2.68. The maximum Gasteiger partial charge on any atom is 0.471 e. The van der Waals surface area contributed by atoms with E-state index >= 15 is 0 Å². The van der Waals surface area contributed by atoms with Crippen molar-refractivity contribution in [1.82, 2.24) is 10.2 Å². The molecular weight excluding hydrogens is 297 g/mol. The van der Waals surface area contributed by atoms with Gasteiger partial charge in [0.25, 0.3) is 0 Å². The number of hydrogen-bond donors (Lipinski definition) is 1. The van der Waals surface area contributed by atoms with Crippen LogP contribution in [0.5, 0.6) is 0 Å². The molecule has 22 heavy (non-hydrogen) atoms. The molecule has 0 aromatic carbocycles. The average Bonchev–Trinajstić information content (AvgIpc) is 3.28. The lowest BCUT2D eigenvalue weighted by molar-refractivity contribution is -0.186. The van der Waals surface area contributed by atoms with Crippen molar-refractivity contribution >= 4 is 11.8 Å². The molecule has 2 aliphatic rings. The number of rotatable bonds is 4. The second-order valence-corrected chi connectivity index (χ2v) is 6.14. The van der Waals surface area contributed by atoms with Crippen LogP contribution in [0, 0.1) is 11.8 Å². The van der Waals surface area contributed by atoms with Gasteiger partial charge in [0.15, 0.2) is 0 Å². The summed E-state index contributed by atoms with van der Waals surface area (Å²) in [5, 5.41) is 2.80. The molecule has 1 saturated heterocycles. The van der Waals surface area contributed by atoms with Gasteiger partial charge in [0, 0.05) is 25.7 Å². The van der Waals surface area contributed by atoms with Gasteiger partial charge in [-0.2, -0.15) is 13.2 Å². The first-order valence-electron chi connectivity index (χ1n) is 7.59. The predicted octanol–water partition coefficient (Wildman–Crippen LogP) is 2.26. The highest BCUT2D eigenvalue weighted by Crippen LogP contribution is 2.35. The Bertz CT molecular complexity index is 462. The minimum Gasteiger partial charge on any atom is -0.352 e. The summed E-state index contributed by atoms with van der Waals surface area (Å²) in [6, 6.07) is 0. The Morgan fingerprint density at radius 2 is 1.77 bits per heavy atom. The van der Waals surface area contributed by atoms with Gasteiger partial charge in [0.05, 0.1) is 0 Å². The van der Waals surface area contributed by atoms with E-state index in [0.29, 0.717) is 25.3 Å². The van der Waals surface area contributed by atoms with E-state index in [1.807, 2.05) is 6.92 Å². The number of alkyl halides is 3. The van der Waals surface area contributed by atoms with E-state index in [1.165, 1.54) is 0 Å². The Morgan fingerprint density at radius 1 is 1.18 bits per heavy atom. The molecule has 0 spiro atoms. The second-order valence-electron chi connectivity index (χ2n) is 6.14. The van der Waals surface area contributed by atoms with Crippen molar-refractivity contribution in [1.29, 1.82) is 0 Å². The summed E-state index contributed by atoms with van der Waals surface area (Å²) in [4.78, 5) is 23.7. The molecule has 7 heteroatoms. The standard InChI is InChI=1S/C15H21F3N2O2/c1-10(12-2-3-12)8-13(21)19-9-11-4-6-20(7-5-11)14(22)15(16,17)18/h8,11-12H,2-7,9H2,1H3,(H,19,21)/b10-8+. The minimum atomic E-state index is -4.80. The summed E-state index contributed by atoms with van der Waals surface area (Å²) >= 11 is 0. The molecule has 124 valence electrons. The molecule has 2 amide bonds. The summed E-state index contributed by atoms with van der Waals surface area (Å²) in [7, 11) is 0. The van der Waals surface area contributed by atoms with E-state index in [2.05, 4.69) is 5.32 Å². The van der Waals surface area contributed by atoms with Crippen LogP contribution >= 0.6 is 0 Å². The minimum absolute atomic E-state index is 0.0931. The Kier molecular flexibility index (Phi) is 5.13. The molecule has 0 aromatic heterocycles. The number of allylic oxidation sites excluding steroid dienone is 1. The van der Waals surface area contributed by atoms with Gasteiger partial charge in [-0.1, -0.05) is 5.57 Å². The van der Waals surface area contributed by atoms with E-state index in [9.17, 15) is 22.8 Å². The first-order chi connectivity index (χ1) is 10.3. The van der Waals surface area contributed by atoms with E-state index in [4.69, 9.17) is 0 Å². The van der Waals surface area contributed by atoms with Crippen molar-refractivity contribution in [2.24, 2.45) is 11.8 Å². The zero-order valence-electron chi connectivity index (χ0n) is 12.6. The molecule has 0 aromatic rings. The van der Waals surface area contributed by atoms with Gasteiger partial charge < -0.3 is 10.2 Å². The molecule has 4 nitrogen and oxygen atoms in total. The molecule has 0 radical (unpaired) electrons. The molecular formula is C15H21F3N2O2. The average molecular weight is 318 g/mol. The van der Waals surface area contributed by atoms with Crippen molar-refractivity contribution in [3.8, 4) is 0 Å². The highest BCUT2D eigenvalue weighted by Gasteiger charge is 2.43. The quantitative estimate of drug-likeness (QED) is 0.808. The normalized spacial score (nSPS) is 20.9. The highest BCUT2D eigenvalue weighted by molar-refractivity contribution is 5.88. The molecule has 0 bridgehead atoms. The van der Waals surface area contributed by atoms with Gasteiger partial charge in [-0.15, -0.1) is 0 Å². The summed E-state index contributed by atoms with van der Waals surface area (Å²) < 4.78 is 37.0. The van der Waals surface area contributed by atoms with Crippen LogP contribution in [-0.2, 0) is 9.59 Å². The molecule has 0 atom stereocenters. The molecule has 1 N–H and O–H groups in total. The molecule has 1 saturated carbocycles. The lowest BCUT2D eigenvalue weighted by atomic mass is 9.96. The topological polar surface area (TPSA) is 49.4 Å². The summed E-state index contributed by atoms with van der Waals surface area (Å²) in [6.07, 6.45) is 0.0512. The summed E-state index contributed by atoms with van der Waals surface area (Å²) in [5.41, 5.74) is 1.09. The van der Waals surface area contributed by atoms with Crippen molar-refractivity contribution in [3.63, 3.8) is 0 Å². The third kappa shape index (κ3) is 4.74. The Balaban J connectivity index is 1.70. The van der Waals surface area contributed by atoms with Crippen LogP contribution in [0.3, 0.4) is 0 Å². The number of likely N-dealkylation sites (tertiary alicyclic amines) is 1. The van der Waals surface area contributed by atoms with Crippen molar-refractivity contribution in [2.45, 2.75) is 38.8 Å². The van der Waals surface area contributed by atoms with Gasteiger partial charge in [-0.25, -0.2) is 0 Å². The Morgan fingerprint density at radius 3 is 2.27 bits per heavy atom. The van der Waals surface area contributed by atoms with Crippen LogP contribution in [0.15, 0.2) is 11.6 Å². The highest BCUT2D eigenvalue weighted by atomic mass is 19.4. The van der Waals surface area contributed by atoms with Crippen LogP contribution < -0.4 is 5.32 Å². The first-order valence-corrected chi connectivity index (χ1v) is 7.59. The monoisotopic (exact) mass is 318 g/mol. The smallest absolute Gasteiger partial charge is 0.352 e. The Labute approximate surface area is 127 Å². The number of halogens is 3. The fourth-order valence-electron chi connectivity index (χ4n) is 2.68. The van der Waals surface area contributed by atoms with Gasteiger partial charge in [0.2, 0.25) is 5.91 Å². The third-order valence-electron chi connectivity index (χ3n) is 4.29. The lowest BCUT2D eigenvalue weighted by Crippen LogP contribution is -2.46. The molecule has 1 heterocycles. The Hall–Kier alpha value is -1.53. The summed E-state index contributed by atoms with van der Waals surface area (Å²) in [6.45, 7) is 2.57. The van der Waals surface area contributed by atoms with Crippen LogP contribution in [-0.4, -0.2) is 42.5 Å². The van der Waals surface area contributed by atoms with Gasteiger partial charge in [-0.05, 0) is 44.4 Å². The lowest BCUT2D eigenvalue weighted by Gasteiger charge is -2.32. The van der Waals surface area contributed by atoms with Crippen LogP contribution in [0.25, 0.3) is 0 Å². The van der Waals surface area contributed by atoms with Gasteiger partial charge >= 0.3 is 12.1 Å². The van der Waals surface area contributed by atoms with Crippen molar-refractivity contribution in [2.75, 3.05) is 19.6 Å². The number of amides is 2. The number of piperidine rings is 1. The maximum atomic E-state index is 12.3. The molecule has 1 aliphatic carbocycles. The largest absolute Gasteiger partial charge is 0.471 e.